The molecular formula is C15H18N2O3. The number of aliphatic carboxylic acids is 1. The van der Waals surface area contributed by atoms with E-state index in [1.165, 1.54) is 0 Å². The van der Waals surface area contributed by atoms with Crippen LogP contribution in [0.15, 0.2) is 30.5 Å². The van der Waals surface area contributed by atoms with E-state index < -0.39 is 12.0 Å². The number of fused-ring (bicyclic) bond motifs is 1. The van der Waals surface area contributed by atoms with E-state index in [9.17, 15) is 14.7 Å². The molecule has 0 aliphatic heterocycles. The van der Waals surface area contributed by atoms with Crippen LogP contribution in [0.5, 0.6) is 0 Å². The molecule has 0 saturated heterocycles. The Labute approximate surface area is 117 Å². The number of benzene rings is 1. The number of carboxylic acids is 1. The second-order valence-electron chi connectivity index (χ2n) is 4.92. The van der Waals surface area contributed by atoms with Gasteiger partial charge in [-0.2, -0.15) is 0 Å². The van der Waals surface area contributed by atoms with Gasteiger partial charge in [-0.05, 0) is 24.1 Å². The van der Waals surface area contributed by atoms with Gasteiger partial charge in [0.25, 0.3) is 5.91 Å². The summed E-state index contributed by atoms with van der Waals surface area (Å²) in [5.41, 5.74) is 1.34. The Bertz CT molecular complexity index is 633. The van der Waals surface area contributed by atoms with Crippen molar-refractivity contribution in [2.24, 2.45) is 5.92 Å². The Hall–Kier alpha value is -2.30. The molecular weight excluding hydrogens is 256 g/mol. The van der Waals surface area contributed by atoms with Crippen molar-refractivity contribution in [3.05, 3.63) is 36.0 Å². The van der Waals surface area contributed by atoms with Crippen molar-refractivity contribution in [1.82, 2.24) is 10.3 Å². The van der Waals surface area contributed by atoms with E-state index in [1.54, 1.807) is 18.3 Å². The van der Waals surface area contributed by atoms with Gasteiger partial charge in [0, 0.05) is 22.7 Å². The van der Waals surface area contributed by atoms with Gasteiger partial charge in [-0.1, -0.05) is 26.3 Å². The van der Waals surface area contributed by atoms with Gasteiger partial charge >= 0.3 is 5.97 Å². The topological polar surface area (TPSA) is 82.2 Å². The monoisotopic (exact) mass is 274 g/mol. The Morgan fingerprint density at radius 1 is 1.35 bits per heavy atom. The number of aromatic amines is 1. The molecule has 0 aliphatic carbocycles. The summed E-state index contributed by atoms with van der Waals surface area (Å²) in [6.07, 6.45) is 2.44. The van der Waals surface area contributed by atoms with Gasteiger partial charge in [-0.3, -0.25) is 4.79 Å². The molecule has 5 heteroatoms. The van der Waals surface area contributed by atoms with Gasteiger partial charge in [0.2, 0.25) is 0 Å². The molecule has 0 saturated carbocycles. The van der Waals surface area contributed by atoms with Crippen LogP contribution in [0.3, 0.4) is 0 Å². The van der Waals surface area contributed by atoms with Crippen molar-refractivity contribution in [2.75, 3.05) is 0 Å². The number of hydrogen-bond donors (Lipinski definition) is 3. The van der Waals surface area contributed by atoms with Gasteiger partial charge in [0.05, 0.1) is 0 Å². The fourth-order valence-electron chi connectivity index (χ4n) is 2.19. The van der Waals surface area contributed by atoms with Crippen molar-refractivity contribution < 1.29 is 14.7 Å². The summed E-state index contributed by atoms with van der Waals surface area (Å²) in [6, 6.07) is 6.27. The average Bonchev–Trinajstić information content (AvgIpc) is 2.91. The largest absolute Gasteiger partial charge is 0.480 e. The predicted octanol–water partition coefficient (Wildman–Crippen LogP) is 2.40. The van der Waals surface area contributed by atoms with Gasteiger partial charge in [-0.15, -0.1) is 0 Å². The first-order chi connectivity index (χ1) is 9.54. The standard InChI is InChI=1S/C15H18N2O3/c1-3-9(2)13(15(19)20)17-14(18)11-5-4-6-12-10(11)7-8-16-12/h4-9,13,16H,3H2,1-2H3,(H,17,18)(H,19,20)/t9?,13-/m0/s1. The van der Waals surface area contributed by atoms with Crippen LogP contribution in [0, 0.1) is 5.92 Å². The minimum Gasteiger partial charge on any atom is -0.480 e. The number of hydrogen-bond acceptors (Lipinski definition) is 2. The molecule has 2 aromatic rings. The summed E-state index contributed by atoms with van der Waals surface area (Å²) in [7, 11) is 0. The maximum Gasteiger partial charge on any atom is 0.326 e. The SMILES string of the molecule is CCC(C)[C@H](NC(=O)c1cccc2[nH]ccc12)C(=O)O. The molecule has 0 fully saturated rings. The third-order valence-electron chi connectivity index (χ3n) is 3.61. The van der Waals surface area contributed by atoms with Crippen LogP contribution in [0.4, 0.5) is 0 Å². The molecule has 5 nitrogen and oxygen atoms in total. The lowest BCUT2D eigenvalue weighted by Crippen LogP contribution is -2.45. The number of nitrogens with one attached hydrogen (secondary N) is 2. The molecule has 1 amide bonds. The summed E-state index contributed by atoms with van der Waals surface area (Å²) < 4.78 is 0. The van der Waals surface area contributed by atoms with Gasteiger partial charge < -0.3 is 15.4 Å². The molecule has 3 N–H and O–H groups in total. The van der Waals surface area contributed by atoms with Crippen LogP contribution in [-0.4, -0.2) is 28.0 Å². The average molecular weight is 274 g/mol. The van der Waals surface area contributed by atoms with Crippen molar-refractivity contribution in [1.29, 1.82) is 0 Å². The van der Waals surface area contributed by atoms with E-state index in [0.717, 1.165) is 10.9 Å². The van der Waals surface area contributed by atoms with Crippen LogP contribution in [0.2, 0.25) is 0 Å². The number of carbonyl (C=O) groups excluding carboxylic acids is 1. The first kappa shape index (κ1) is 14.1. The Morgan fingerprint density at radius 3 is 2.75 bits per heavy atom. The van der Waals surface area contributed by atoms with Gasteiger partial charge in [0.1, 0.15) is 6.04 Å². The highest BCUT2D eigenvalue weighted by Crippen LogP contribution is 2.18. The van der Waals surface area contributed by atoms with Crippen molar-refractivity contribution in [3.8, 4) is 0 Å². The van der Waals surface area contributed by atoms with Gasteiger partial charge in [-0.25, -0.2) is 4.79 Å². The second-order valence-corrected chi connectivity index (χ2v) is 4.92. The van der Waals surface area contributed by atoms with E-state index in [-0.39, 0.29) is 11.8 Å². The number of rotatable bonds is 5. The number of carboxylic acid groups (broad SMARTS) is 1. The summed E-state index contributed by atoms with van der Waals surface area (Å²) in [5.74, 6) is -1.49. The van der Waals surface area contributed by atoms with E-state index in [1.807, 2.05) is 26.0 Å². The maximum atomic E-state index is 12.3. The molecule has 0 spiro atoms. The maximum absolute atomic E-state index is 12.3. The first-order valence-corrected chi connectivity index (χ1v) is 6.64. The molecule has 2 rings (SSSR count). The quantitative estimate of drug-likeness (QED) is 0.783. The minimum atomic E-state index is -1.01. The fourth-order valence-corrected chi connectivity index (χ4v) is 2.19. The molecule has 1 aromatic carbocycles. The molecule has 1 heterocycles. The number of aromatic nitrogens is 1. The van der Waals surface area contributed by atoms with Crippen LogP contribution in [0.25, 0.3) is 10.9 Å². The Kier molecular flexibility index (Phi) is 4.08. The number of amides is 1. The van der Waals surface area contributed by atoms with Gasteiger partial charge in [0.15, 0.2) is 0 Å². The lowest BCUT2D eigenvalue weighted by molar-refractivity contribution is -0.140. The fraction of sp³-hybridized carbons (Fsp3) is 0.333. The molecule has 1 unspecified atom stereocenters. The lowest BCUT2D eigenvalue weighted by atomic mass is 9.98. The number of carbonyl (C=O) groups is 2. The Balaban J connectivity index is 2.27. The highest BCUT2D eigenvalue weighted by molar-refractivity contribution is 6.07. The zero-order valence-corrected chi connectivity index (χ0v) is 11.5. The molecule has 20 heavy (non-hydrogen) atoms. The van der Waals surface area contributed by atoms with E-state index in [2.05, 4.69) is 10.3 Å². The van der Waals surface area contributed by atoms with Crippen molar-refractivity contribution >= 4 is 22.8 Å². The van der Waals surface area contributed by atoms with E-state index >= 15 is 0 Å². The molecule has 0 bridgehead atoms. The zero-order valence-electron chi connectivity index (χ0n) is 11.5. The van der Waals surface area contributed by atoms with Crippen LogP contribution in [-0.2, 0) is 4.79 Å². The first-order valence-electron chi connectivity index (χ1n) is 6.64. The van der Waals surface area contributed by atoms with Crippen LogP contribution >= 0.6 is 0 Å². The molecule has 1 aromatic heterocycles. The molecule has 0 radical (unpaired) electrons. The van der Waals surface area contributed by atoms with Crippen molar-refractivity contribution in [3.63, 3.8) is 0 Å². The minimum absolute atomic E-state index is 0.123. The lowest BCUT2D eigenvalue weighted by Gasteiger charge is -2.20. The molecule has 0 aliphatic rings. The van der Waals surface area contributed by atoms with E-state index in [4.69, 9.17) is 0 Å². The van der Waals surface area contributed by atoms with Crippen LogP contribution < -0.4 is 5.32 Å². The summed E-state index contributed by atoms with van der Waals surface area (Å²) >= 11 is 0. The second kappa shape index (κ2) is 5.77. The van der Waals surface area contributed by atoms with Crippen molar-refractivity contribution in [2.45, 2.75) is 26.3 Å². The highest BCUT2D eigenvalue weighted by atomic mass is 16.4. The molecule has 106 valence electrons. The smallest absolute Gasteiger partial charge is 0.326 e. The summed E-state index contributed by atoms with van der Waals surface area (Å²) in [4.78, 5) is 26.6. The highest BCUT2D eigenvalue weighted by Gasteiger charge is 2.26. The Morgan fingerprint density at radius 2 is 2.10 bits per heavy atom. The van der Waals surface area contributed by atoms with E-state index in [0.29, 0.717) is 12.0 Å². The number of H-pyrrole nitrogens is 1. The normalized spacial score (nSPS) is 13.9. The van der Waals surface area contributed by atoms with Crippen LogP contribution in [0.1, 0.15) is 30.6 Å². The summed E-state index contributed by atoms with van der Waals surface area (Å²) in [6.45, 7) is 3.72. The summed E-state index contributed by atoms with van der Waals surface area (Å²) in [5, 5.41) is 12.6. The zero-order chi connectivity index (χ0) is 14.7. The third kappa shape index (κ3) is 2.66. The predicted molar refractivity (Wildman–Crippen MR) is 76.6 cm³/mol. The molecule has 2 atom stereocenters. The third-order valence-corrected chi connectivity index (χ3v) is 3.61.